The summed E-state index contributed by atoms with van der Waals surface area (Å²) in [6.45, 7) is 4.05. The highest BCUT2D eigenvalue weighted by atomic mass is 79.9. The highest BCUT2D eigenvalue weighted by molar-refractivity contribution is 9.10. The van der Waals surface area contributed by atoms with Gasteiger partial charge in [-0.25, -0.2) is 4.79 Å². The Kier molecular flexibility index (Phi) is 5.33. The van der Waals surface area contributed by atoms with E-state index in [2.05, 4.69) is 22.9 Å². The van der Waals surface area contributed by atoms with Gasteiger partial charge in [0.15, 0.2) is 0 Å². The van der Waals surface area contributed by atoms with Gasteiger partial charge in [0.25, 0.3) is 0 Å². The van der Waals surface area contributed by atoms with Crippen LogP contribution >= 0.6 is 27.7 Å². The second kappa shape index (κ2) is 6.31. The number of carboxylic acids is 1. The van der Waals surface area contributed by atoms with Crippen molar-refractivity contribution in [3.63, 3.8) is 0 Å². The van der Waals surface area contributed by atoms with Crippen LogP contribution < -0.4 is 0 Å². The summed E-state index contributed by atoms with van der Waals surface area (Å²) >= 11 is 5.05. The molecule has 0 bridgehead atoms. The van der Waals surface area contributed by atoms with E-state index in [9.17, 15) is 9.90 Å². The van der Waals surface area contributed by atoms with E-state index in [4.69, 9.17) is 5.11 Å². The first-order chi connectivity index (χ1) is 7.99. The van der Waals surface area contributed by atoms with Crippen LogP contribution in [0.1, 0.15) is 41.4 Å². The summed E-state index contributed by atoms with van der Waals surface area (Å²) in [5, 5.41) is 19.0. The molecule has 0 aliphatic carbocycles. The molecule has 0 saturated heterocycles. The van der Waals surface area contributed by atoms with E-state index in [-0.39, 0.29) is 16.6 Å². The summed E-state index contributed by atoms with van der Waals surface area (Å²) in [4.78, 5) is 10.9. The number of thioether (sulfide) groups is 1. The average Bonchev–Trinajstić information content (AvgIpc) is 2.25. The summed E-state index contributed by atoms with van der Waals surface area (Å²) in [6, 6.07) is 3.07. The Morgan fingerprint density at radius 3 is 2.71 bits per heavy atom. The van der Waals surface area contributed by atoms with Gasteiger partial charge in [0.2, 0.25) is 0 Å². The number of aromatic hydroxyl groups is 1. The first-order valence-electron chi connectivity index (χ1n) is 5.35. The topological polar surface area (TPSA) is 57.5 Å². The third-order valence-electron chi connectivity index (χ3n) is 2.37. The van der Waals surface area contributed by atoms with Crippen molar-refractivity contribution in [3.05, 3.63) is 27.7 Å². The van der Waals surface area contributed by atoms with Crippen LogP contribution in [-0.2, 0) is 0 Å². The number of hydrogen-bond donors (Lipinski definition) is 2. The molecule has 1 unspecified atom stereocenters. The van der Waals surface area contributed by atoms with Crippen LogP contribution in [0.25, 0.3) is 0 Å². The van der Waals surface area contributed by atoms with Gasteiger partial charge in [0.05, 0.1) is 0 Å². The number of phenols is 1. The minimum atomic E-state index is -1.11. The predicted molar refractivity (Wildman–Crippen MR) is 73.9 cm³/mol. The molecule has 0 aliphatic heterocycles. The Balaban J connectivity index is 3.13. The fourth-order valence-electron chi connectivity index (χ4n) is 1.52. The maximum atomic E-state index is 10.9. The molecule has 2 N–H and O–H groups in total. The standard InChI is InChI=1S/C12H15BrO3S/c1-3-6-17-7(2)10-9(13)5-4-8(11(10)14)12(15)16/h4-5,7,14H,3,6H2,1-2H3,(H,15,16). The smallest absolute Gasteiger partial charge is 0.339 e. The van der Waals surface area contributed by atoms with E-state index in [0.717, 1.165) is 16.6 Å². The molecule has 1 aromatic rings. The SMILES string of the molecule is CCCSC(C)c1c(Br)ccc(C(=O)O)c1O. The molecule has 1 aromatic carbocycles. The van der Waals surface area contributed by atoms with Crippen molar-refractivity contribution < 1.29 is 15.0 Å². The van der Waals surface area contributed by atoms with Gasteiger partial charge in [-0.1, -0.05) is 22.9 Å². The second-order valence-electron chi connectivity index (χ2n) is 3.68. The summed E-state index contributed by atoms with van der Waals surface area (Å²) in [5.41, 5.74) is 0.607. The predicted octanol–water partition coefficient (Wildman–Crippen LogP) is 4.06. The van der Waals surface area contributed by atoms with E-state index in [0.29, 0.717) is 5.56 Å². The van der Waals surface area contributed by atoms with Gasteiger partial charge in [0, 0.05) is 15.3 Å². The second-order valence-corrected chi connectivity index (χ2v) is 5.98. The lowest BCUT2D eigenvalue weighted by Gasteiger charge is -2.16. The van der Waals surface area contributed by atoms with E-state index < -0.39 is 5.97 Å². The Labute approximate surface area is 113 Å². The molecule has 0 spiro atoms. The average molecular weight is 319 g/mol. The zero-order valence-electron chi connectivity index (χ0n) is 9.74. The third kappa shape index (κ3) is 3.39. The van der Waals surface area contributed by atoms with Crippen LogP contribution in [0, 0.1) is 0 Å². The lowest BCUT2D eigenvalue weighted by atomic mass is 10.1. The zero-order chi connectivity index (χ0) is 13.0. The van der Waals surface area contributed by atoms with Crippen molar-refractivity contribution in [1.29, 1.82) is 0 Å². The van der Waals surface area contributed by atoms with E-state index in [1.54, 1.807) is 17.8 Å². The summed E-state index contributed by atoms with van der Waals surface area (Å²) in [7, 11) is 0. The highest BCUT2D eigenvalue weighted by Crippen LogP contribution is 2.40. The number of benzene rings is 1. The van der Waals surface area contributed by atoms with Gasteiger partial charge in [-0.2, -0.15) is 11.8 Å². The molecule has 17 heavy (non-hydrogen) atoms. The van der Waals surface area contributed by atoms with Crippen LogP contribution in [0.5, 0.6) is 5.75 Å². The molecule has 0 fully saturated rings. The molecule has 3 nitrogen and oxygen atoms in total. The molecule has 0 aromatic heterocycles. The molecular formula is C12H15BrO3S. The van der Waals surface area contributed by atoms with Crippen LogP contribution in [0.4, 0.5) is 0 Å². The van der Waals surface area contributed by atoms with Crippen LogP contribution in [0.2, 0.25) is 0 Å². The van der Waals surface area contributed by atoms with E-state index >= 15 is 0 Å². The van der Waals surface area contributed by atoms with Gasteiger partial charge in [-0.15, -0.1) is 0 Å². The van der Waals surface area contributed by atoms with Gasteiger partial charge < -0.3 is 10.2 Å². The maximum absolute atomic E-state index is 10.9. The number of rotatable bonds is 5. The molecule has 0 radical (unpaired) electrons. The molecular weight excluding hydrogens is 304 g/mol. The lowest BCUT2D eigenvalue weighted by molar-refractivity contribution is 0.0693. The van der Waals surface area contributed by atoms with Crippen molar-refractivity contribution in [2.45, 2.75) is 25.5 Å². The van der Waals surface area contributed by atoms with Crippen LogP contribution in [-0.4, -0.2) is 21.9 Å². The largest absolute Gasteiger partial charge is 0.507 e. The Morgan fingerprint density at radius 2 is 2.18 bits per heavy atom. The fourth-order valence-corrected chi connectivity index (χ4v) is 3.33. The van der Waals surface area contributed by atoms with E-state index in [1.165, 1.54) is 6.07 Å². The van der Waals surface area contributed by atoms with Gasteiger partial charge >= 0.3 is 5.97 Å². The van der Waals surface area contributed by atoms with E-state index in [1.807, 2.05) is 6.92 Å². The normalized spacial score (nSPS) is 12.4. The molecule has 0 aliphatic rings. The van der Waals surface area contributed by atoms with Crippen LogP contribution in [0.3, 0.4) is 0 Å². The molecule has 1 rings (SSSR count). The third-order valence-corrected chi connectivity index (χ3v) is 4.44. The quantitative estimate of drug-likeness (QED) is 0.859. The summed E-state index contributed by atoms with van der Waals surface area (Å²) in [6.07, 6.45) is 1.05. The maximum Gasteiger partial charge on any atom is 0.339 e. The molecule has 0 amide bonds. The molecule has 1 atom stereocenters. The lowest BCUT2D eigenvalue weighted by Crippen LogP contribution is -2.01. The summed E-state index contributed by atoms with van der Waals surface area (Å²) < 4.78 is 0.746. The number of hydrogen-bond acceptors (Lipinski definition) is 3. The van der Waals surface area contributed by atoms with Gasteiger partial charge in [0.1, 0.15) is 11.3 Å². The van der Waals surface area contributed by atoms with Crippen LogP contribution in [0.15, 0.2) is 16.6 Å². The van der Waals surface area contributed by atoms with Gasteiger partial charge in [-0.3, -0.25) is 0 Å². The number of carbonyl (C=O) groups is 1. The Bertz CT molecular complexity index is 420. The molecule has 94 valence electrons. The molecule has 0 heterocycles. The minimum Gasteiger partial charge on any atom is -0.507 e. The van der Waals surface area contributed by atoms with Gasteiger partial charge in [-0.05, 0) is 31.2 Å². The molecule has 5 heteroatoms. The first kappa shape index (κ1) is 14.4. The highest BCUT2D eigenvalue weighted by Gasteiger charge is 2.20. The van der Waals surface area contributed by atoms with Crippen molar-refractivity contribution in [2.75, 3.05) is 5.75 Å². The minimum absolute atomic E-state index is 0.0489. The van der Waals surface area contributed by atoms with Crippen molar-refractivity contribution in [1.82, 2.24) is 0 Å². The Hall–Kier alpha value is -0.680. The van der Waals surface area contributed by atoms with Crippen molar-refractivity contribution in [2.24, 2.45) is 0 Å². The number of halogens is 1. The van der Waals surface area contributed by atoms with Crippen molar-refractivity contribution >= 4 is 33.7 Å². The number of aromatic carboxylic acids is 1. The Morgan fingerprint density at radius 1 is 1.53 bits per heavy atom. The zero-order valence-corrected chi connectivity index (χ0v) is 12.1. The monoisotopic (exact) mass is 318 g/mol. The fraction of sp³-hybridized carbons (Fsp3) is 0.417. The molecule has 0 saturated carbocycles. The summed E-state index contributed by atoms with van der Waals surface area (Å²) in [5.74, 6) is -0.267. The number of carboxylic acid groups (broad SMARTS) is 1. The first-order valence-corrected chi connectivity index (χ1v) is 7.19. The van der Waals surface area contributed by atoms with Crippen molar-refractivity contribution in [3.8, 4) is 5.75 Å².